The van der Waals surface area contributed by atoms with Crippen LogP contribution in [0, 0.1) is 21.4 Å². The zero-order valence-electron chi connectivity index (χ0n) is 12.3. The highest BCUT2D eigenvalue weighted by atomic mass is 16.6. The molecule has 0 unspecified atom stereocenters. The van der Waals surface area contributed by atoms with Crippen LogP contribution in [0.1, 0.15) is 0 Å². The lowest BCUT2D eigenvalue weighted by Gasteiger charge is -2.06. The van der Waals surface area contributed by atoms with Crippen LogP contribution in [0.2, 0.25) is 0 Å². The van der Waals surface area contributed by atoms with Crippen LogP contribution in [0.25, 0.3) is 0 Å². The second kappa shape index (κ2) is 7.42. The number of para-hydroxylation sites is 2. The largest absolute Gasteiger partial charge is 0.506 e. The van der Waals surface area contributed by atoms with E-state index in [0.717, 1.165) is 6.20 Å². The van der Waals surface area contributed by atoms with Gasteiger partial charge in [-0.1, -0.05) is 18.2 Å². The van der Waals surface area contributed by atoms with Gasteiger partial charge in [-0.25, -0.2) is 0 Å². The molecule has 2 aromatic rings. The van der Waals surface area contributed by atoms with Gasteiger partial charge in [0, 0.05) is 24.0 Å². The Hall–Kier alpha value is -3.86. The summed E-state index contributed by atoms with van der Waals surface area (Å²) in [5.74, 6) is -0.772. The highest BCUT2D eigenvalue weighted by molar-refractivity contribution is 6.06. The lowest BCUT2D eigenvalue weighted by molar-refractivity contribution is -0.384. The number of hydrogen-bond acceptors (Lipinski definition) is 6. The van der Waals surface area contributed by atoms with Crippen molar-refractivity contribution in [2.75, 3.05) is 10.6 Å². The van der Waals surface area contributed by atoms with Crippen molar-refractivity contribution in [2.45, 2.75) is 0 Å². The predicted molar refractivity (Wildman–Crippen MR) is 87.2 cm³/mol. The van der Waals surface area contributed by atoms with Gasteiger partial charge in [-0.2, -0.15) is 5.26 Å². The second-order valence-corrected chi connectivity index (χ2v) is 4.59. The minimum atomic E-state index is -0.735. The van der Waals surface area contributed by atoms with E-state index < -0.39 is 10.8 Å². The van der Waals surface area contributed by atoms with Crippen molar-refractivity contribution in [1.82, 2.24) is 0 Å². The van der Waals surface area contributed by atoms with E-state index in [1.807, 2.05) is 0 Å². The maximum Gasteiger partial charge on any atom is 0.271 e. The third-order valence-corrected chi connectivity index (χ3v) is 2.96. The molecular weight excluding hydrogens is 312 g/mol. The van der Waals surface area contributed by atoms with Crippen LogP contribution < -0.4 is 10.6 Å². The van der Waals surface area contributed by atoms with Crippen LogP contribution >= 0.6 is 0 Å². The summed E-state index contributed by atoms with van der Waals surface area (Å²) < 4.78 is 0. The van der Waals surface area contributed by atoms with Crippen LogP contribution in [0.4, 0.5) is 17.1 Å². The zero-order valence-corrected chi connectivity index (χ0v) is 12.3. The molecular formula is C16H12N4O4. The summed E-state index contributed by atoms with van der Waals surface area (Å²) in [6.07, 6.45) is 1.14. The molecule has 0 radical (unpaired) electrons. The number of carbonyl (C=O) groups excluding carboxylic acids is 1. The third-order valence-electron chi connectivity index (χ3n) is 2.96. The lowest BCUT2D eigenvalue weighted by atomic mass is 10.2. The lowest BCUT2D eigenvalue weighted by Crippen LogP contribution is -2.14. The summed E-state index contributed by atoms with van der Waals surface area (Å²) in [6.45, 7) is 0. The maximum absolute atomic E-state index is 12.1. The average molecular weight is 324 g/mol. The van der Waals surface area contributed by atoms with E-state index in [-0.39, 0.29) is 22.7 Å². The van der Waals surface area contributed by atoms with E-state index in [1.165, 1.54) is 30.3 Å². The van der Waals surface area contributed by atoms with Crippen molar-refractivity contribution < 1.29 is 14.8 Å². The minimum absolute atomic E-state index is 0.0369. The fraction of sp³-hybridized carbons (Fsp3) is 0. The number of carbonyl (C=O) groups is 1. The SMILES string of the molecule is N#C/C(=C/Nc1ccccc1O)C(=O)Nc1cccc([N+](=O)[O-])c1. The molecule has 0 aliphatic heterocycles. The number of hydrogen-bond donors (Lipinski definition) is 3. The number of phenolic OH excluding ortho intramolecular Hbond substituents is 1. The minimum Gasteiger partial charge on any atom is -0.506 e. The fourth-order valence-electron chi connectivity index (χ4n) is 1.79. The average Bonchev–Trinajstić information content (AvgIpc) is 2.57. The van der Waals surface area contributed by atoms with Gasteiger partial charge in [-0.05, 0) is 18.2 Å². The Kier molecular flexibility index (Phi) is 5.10. The summed E-state index contributed by atoms with van der Waals surface area (Å²) in [5, 5.41) is 34.5. The molecule has 0 aliphatic carbocycles. The predicted octanol–water partition coefficient (Wildman–Crippen LogP) is 2.76. The summed E-state index contributed by atoms with van der Waals surface area (Å²) in [5.41, 5.74) is 0.0821. The number of rotatable bonds is 5. The first-order valence-corrected chi connectivity index (χ1v) is 6.72. The van der Waals surface area contributed by atoms with Gasteiger partial charge in [0.25, 0.3) is 11.6 Å². The molecule has 0 fully saturated rings. The topological polar surface area (TPSA) is 128 Å². The first-order chi connectivity index (χ1) is 11.5. The Morgan fingerprint density at radius 3 is 2.67 bits per heavy atom. The molecule has 0 aliphatic rings. The Labute approximate surface area is 136 Å². The number of anilines is 2. The van der Waals surface area contributed by atoms with E-state index in [2.05, 4.69) is 10.6 Å². The number of nitro benzene ring substituents is 1. The molecule has 1 amide bonds. The van der Waals surface area contributed by atoms with Gasteiger partial charge in [0.1, 0.15) is 17.4 Å². The highest BCUT2D eigenvalue weighted by Crippen LogP contribution is 2.22. The molecule has 8 nitrogen and oxygen atoms in total. The van der Waals surface area contributed by atoms with Crippen molar-refractivity contribution >= 4 is 23.0 Å². The quantitative estimate of drug-likeness (QED) is 0.255. The molecule has 0 atom stereocenters. The number of aromatic hydroxyl groups is 1. The molecule has 24 heavy (non-hydrogen) atoms. The van der Waals surface area contributed by atoms with Gasteiger partial charge >= 0.3 is 0 Å². The Balaban J connectivity index is 2.13. The molecule has 0 bridgehead atoms. The van der Waals surface area contributed by atoms with E-state index in [0.29, 0.717) is 5.69 Å². The number of nitrogens with zero attached hydrogens (tertiary/aromatic N) is 2. The molecule has 0 saturated heterocycles. The third kappa shape index (κ3) is 4.08. The molecule has 8 heteroatoms. The maximum atomic E-state index is 12.1. The van der Waals surface area contributed by atoms with Gasteiger partial charge in [-0.3, -0.25) is 14.9 Å². The van der Waals surface area contributed by atoms with Gasteiger partial charge in [0.15, 0.2) is 0 Å². The van der Waals surface area contributed by atoms with Gasteiger partial charge in [-0.15, -0.1) is 0 Å². The number of nitriles is 1. The number of phenols is 1. The fourth-order valence-corrected chi connectivity index (χ4v) is 1.79. The van der Waals surface area contributed by atoms with Crippen LogP contribution in [0.3, 0.4) is 0 Å². The van der Waals surface area contributed by atoms with Gasteiger partial charge in [0.05, 0.1) is 10.6 Å². The van der Waals surface area contributed by atoms with Crippen LogP contribution in [0.15, 0.2) is 60.3 Å². The van der Waals surface area contributed by atoms with Gasteiger partial charge in [0.2, 0.25) is 0 Å². The molecule has 0 aromatic heterocycles. The Morgan fingerprint density at radius 2 is 2.00 bits per heavy atom. The van der Waals surface area contributed by atoms with E-state index in [4.69, 9.17) is 5.26 Å². The number of nitro groups is 1. The molecule has 2 aromatic carbocycles. The smallest absolute Gasteiger partial charge is 0.271 e. The standard InChI is InChI=1S/C16H12N4O4/c17-9-11(10-18-14-6-1-2-7-15(14)21)16(22)19-12-4-3-5-13(8-12)20(23)24/h1-8,10,18,21H,(H,19,22)/b11-10-. The van der Waals surface area contributed by atoms with E-state index in [9.17, 15) is 20.0 Å². The van der Waals surface area contributed by atoms with Crippen molar-refractivity contribution in [1.29, 1.82) is 5.26 Å². The number of non-ortho nitro benzene ring substituents is 1. The van der Waals surface area contributed by atoms with Crippen LogP contribution in [-0.4, -0.2) is 15.9 Å². The van der Waals surface area contributed by atoms with Crippen LogP contribution in [0.5, 0.6) is 5.75 Å². The molecule has 120 valence electrons. The monoisotopic (exact) mass is 324 g/mol. The molecule has 0 heterocycles. The number of nitrogens with one attached hydrogen (secondary N) is 2. The molecule has 3 N–H and O–H groups in total. The summed E-state index contributed by atoms with van der Waals surface area (Å²) in [6, 6.07) is 13.4. The van der Waals surface area contributed by atoms with Crippen molar-refractivity contribution in [3.63, 3.8) is 0 Å². The molecule has 0 saturated carbocycles. The number of amides is 1. The van der Waals surface area contributed by atoms with Crippen molar-refractivity contribution in [3.05, 3.63) is 70.4 Å². The van der Waals surface area contributed by atoms with E-state index >= 15 is 0 Å². The summed E-state index contributed by atoms with van der Waals surface area (Å²) >= 11 is 0. The normalized spacial score (nSPS) is 10.5. The zero-order chi connectivity index (χ0) is 17.5. The number of benzene rings is 2. The van der Waals surface area contributed by atoms with Crippen molar-refractivity contribution in [2.24, 2.45) is 0 Å². The Morgan fingerprint density at radius 1 is 1.25 bits per heavy atom. The highest BCUT2D eigenvalue weighted by Gasteiger charge is 2.12. The second-order valence-electron chi connectivity index (χ2n) is 4.59. The molecule has 0 spiro atoms. The summed E-state index contributed by atoms with van der Waals surface area (Å²) in [4.78, 5) is 22.2. The first-order valence-electron chi connectivity index (χ1n) is 6.72. The summed E-state index contributed by atoms with van der Waals surface area (Å²) in [7, 11) is 0. The van der Waals surface area contributed by atoms with Crippen LogP contribution in [-0.2, 0) is 4.79 Å². The first kappa shape index (κ1) is 16.5. The molecule has 2 rings (SSSR count). The van der Waals surface area contributed by atoms with Gasteiger partial charge < -0.3 is 15.7 Å². The Bertz CT molecular complexity index is 855. The van der Waals surface area contributed by atoms with E-state index in [1.54, 1.807) is 24.3 Å². The van der Waals surface area contributed by atoms with Crippen molar-refractivity contribution in [3.8, 4) is 11.8 Å².